The van der Waals surface area contributed by atoms with Crippen LogP contribution in [0.25, 0.3) is 6.08 Å². The molecule has 1 heterocycles. The summed E-state index contributed by atoms with van der Waals surface area (Å²) < 4.78 is 26.7. The maximum atomic E-state index is 12.3. The fourth-order valence-corrected chi connectivity index (χ4v) is 3.05. The van der Waals surface area contributed by atoms with Gasteiger partial charge in [-0.05, 0) is 42.8 Å². The minimum absolute atomic E-state index is 0.130. The van der Waals surface area contributed by atoms with Crippen LogP contribution in [-0.2, 0) is 9.53 Å². The van der Waals surface area contributed by atoms with E-state index in [-0.39, 0.29) is 11.6 Å². The summed E-state index contributed by atoms with van der Waals surface area (Å²) in [6, 6.07) is 8.50. The minimum Gasteiger partial charge on any atom is -0.497 e. The number of esters is 1. The molecule has 0 unspecified atom stereocenters. The number of benzene rings is 2. The largest absolute Gasteiger partial charge is 0.497 e. The highest BCUT2D eigenvalue weighted by Crippen LogP contribution is 2.37. The number of nitrogens with zero attached hydrogens (tertiary/aromatic N) is 1. The average Bonchev–Trinajstić information content (AvgIpc) is 3.08. The van der Waals surface area contributed by atoms with E-state index in [9.17, 15) is 4.79 Å². The van der Waals surface area contributed by atoms with Gasteiger partial charge < -0.3 is 23.7 Å². The lowest BCUT2D eigenvalue weighted by atomic mass is 10.1. The molecule has 0 saturated carbocycles. The SMILES string of the molecule is CCOc1cc(/C=C2\N=C(c3cc(OC)cc(OC)c3)OC2=O)cc(Cl)c1OC. The van der Waals surface area contributed by atoms with Crippen molar-refractivity contribution in [2.75, 3.05) is 27.9 Å². The number of hydrogen-bond donors (Lipinski definition) is 0. The van der Waals surface area contributed by atoms with Crippen LogP contribution in [0.1, 0.15) is 18.1 Å². The fourth-order valence-electron chi connectivity index (χ4n) is 2.75. The van der Waals surface area contributed by atoms with E-state index in [0.717, 1.165) is 0 Å². The van der Waals surface area contributed by atoms with Gasteiger partial charge in [0.1, 0.15) is 11.5 Å². The Kier molecular flexibility index (Phi) is 6.29. The van der Waals surface area contributed by atoms with Crippen LogP contribution in [0, 0.1) is 0 Å². The minimum atomic E-state index is -0.577. The van der Waals surface area contributed by atoms with E-state index in [1.165, 1.54) is 21.3 Å². The van der Waals surface area contributed by atoms with Crippen LogP contribution >= 0.6 is 11.6 Å². The second-order valence-corrected chi connectivity index (χ2v) is 6.31. The molecule has 2 aromatic rings. The number of methoxy groups -OCH3 is 3. The third-order valence-corrected chi connectivity index (χ3v) is 4.34. The summed E-state index contributed by atoms with van der Waals surface area (Å²) in [5.74, 6) is 1.59. The van der Waals surface area contributed by atoms with Crippen molar-refractivity contribution >= 4 is 29.5 Å². The third kappa shape index (κ3) is 4.46. The second kappa shape index (κ2) is 8.87. The summed E-state index contributed by atoms with van der Waals surface area (Å²) in [6.45, 7) is 2.29. The molecular formula is C21H20ClNO6. The summed E-state index contributed by atoms with van der Waals surface area (Å²) in [7, 11) is 4.58. The number of rotatable bonds is 7. The van der Waals surface area contributed by atoms with E-state index >= 15 is 0 Å². The van der Waals surface area contributed by atoms with E-state index in [0.29, 0.717) is 45.8 Å². The molecule has 0 fully saturated rings. The molecule has 8 heteroatoms. The van der Waals surface area contributed by atoms with Gasteiger partial charge in [-0.15, -0.1) is 0 Å². The van der Waals surface area contributed by atoms with Crippen LogP contribution in [-0.4, -0.2) is 39.8 Å². The molecule has 1 aliphatic rings. The van der Waals surface area contributed by atoms with Gasteiger partial charge in [0.05, 0.1) is 33.0 Å². The van der Waals surface area contributed by atoms with Crippen molar-refractivity contribution in [3.8, 4) is 23.0 Å². The van der Waals surface area contributed by atoms with Gasteiger partial charge in [-0.3, -0.25) is 0 Å². The van der Waals surface area contributed by atoms with Gasteiger partial charge >= 0.3 is 5.97 Å². The molecule has 0 aliphatic carbocycles. The molecule has 7 nitrogen and oxygen atoms in total. The Morgan fingerprint density at radius 3 is 2.31 bits per heavy atom. The van der Waals surface area contributed by atoms with Crippen molar-refractivity contribution in [2.24, 2.45) is 4.99 Å². The van der Waals surface area contributed by atoms with Gasteiger partial charge in [0, 0.05) is 11.6 Å². The van der Waals surface area contributed by atoms with Crippen LogP contribution in [0.3, 0.4) is 0 Å². The summed E-state index contributed by atoms with van der Waals surface area (Å²) in [5, 5.41) is 0.360. The highest BCUT2D eigenvalue weighted by atomic mass is 35.5. The first kappa shape index (κ1) is 20.5. The molecule has 1 aliphatic heterocycles. The van der Waals surface area contributed by atoms with Crippen molar-refractivity contribution in [2.45, 2.75) is 6.92 Å². The van der Waals surface area contributed by atoms with E-state index < -0.39 is 5.97 Å². The van der Waals surface area contributed by atoms with Crippen LogP contribution < -0.4 is 18.9 Å². The van der Waals surface area contributed by atoms with Crippen molar-refractivity contribution in [1.82, 2.24) is 0 Å². The van der Waals surface area contributed by atoms with Crippen molar-refractivity contribution in [1.29, 1.82) is 0 Å². The molecule has 0 atom stereocenters. The van der Waals surface area contributed by atoms with Gasteiger partial charge in [0.25, 0.3) is 0 Å². The number of ether oxygens (including phenoxy) is 5. The molecule has 0 radical (unpaired) electrons. The van der Waals surface area contributed by atoms with Crippen LogP contribution in [0.4, 0.5) is 0 Å². The van der Waals surface area contributed by atoms with Gasteiger partial charge in [-0.1, -0.05) is 11.6 Å². The van der Waals surface area contributed by atoms with Gasteiger partial charge in [0.2, 0.25) is 5.90 Å². The number of aliphatic imine (C=N–C) groups is 1. The van der Waals surface area contributed by atoms with E-state index in [1.54, 1.807) is 36.4 Å². The Morgan fingerprint density at radius 2 is 1.72 bits per heavy atom. The summed E-state index contributed by atoms with van der Waals surface area (Å²) >= 11 is 6.27. The number of hydrogen-bond acceptors (Lipinski definition) is 7. The highest BCUT2D eigenvalue weighted by Gasteiger charge is 2.25. The smallest absolute Gasteiger partial charge is 0.363 e. The molecule has 3 rings (SSSR count). The molecule has 0 bridgehead atoms. The van der Waals surface area contributed by atoms with E-state index in [2.05, 4.69) is 4.99 Å². The first-order valence-electron chi connectivity index (χ1n) is 8.75. The number of carbonyl (C=O) groups is 1. The van der Waals surface area contributed by atoms with E-state index in [1.807, 2.05) is 6.92 Å². The Labute approximate surface area is 173 Å². The topological polar surface area (TPSA) is 75.6 Å². The maximum Gasteiger partial charge on any atom is 0.363 e. The lowest BCUT2D eigenvalue weighted by Crippen LogP contribution is -2.06. The summed E-state index contributed by atoms with van der Waals surface area (Å²) in [4.78, 5) is 16.6. The zero-order chi connectivity index (χ0) is 21.0. The Hall–Kier alpha value is -3.19. The maximum absolute atomic E-state index is 12.3. The predicted molar refractivity (Wildman–Crippen MR) is 109 cm³/mol. The first-order chi connectivity index (χ1) is 14.0. The standard InChI is InChI=1S/C21H20ClNO6/c1-5-28-18-8-12(6-16(22)19(18)27-4)7-17-21(24)29-20(23-17)13-9-14(25-2)11-15(10-13)26-3/h6-11H,5H2,1-4H3/b17-7-. The first-order valence-corrected chi connectivity index (χ1v) is 9.13. The van der Waals surface area contributed by atoms with Crippen molar-refractivity contribution in [3.63, 3.8) is 0 Å². The molecule has 0 saturated heterocycles. The average molecular weight is 418 g/mol. The molecule has 0 spiro atoms. The Balaban J connectivity index is 1.99. The van der Waals surface area contributed by atoms with Crippen LogP contribution in [0.2, 0.25) is 5.02 Å². The summed E-state index contributed by atoms with van der Waals surface area (Å²) in [6.07, 6.45) is 1.57. The number of cyclic esters (lactones) is 1. The zero-order valence-corrected chi connectivity index (χ0v) is 17.2. The Morgan fingerprint density at radius 1 is 1.03 bits per heavy atom. The van der Waals surface area contributed by atoms with Gasteiger partial charge in [-0.2, -0.15) is 0 Å². The molecule has 0 amide bonds. The van der Waals surface area contributed by atoms with Gasteiger partial charge in [0.15, 0.2) is 17.2 Å². The quantitative estimate of drug-likeness (QED) is 0.498. The lowest BCUT2D eigenvalue weighted by Gasteiger charge is -2.11. The molecule has 2 aromatic carbocycles. The normalized spacial score (nSPS) is 14.4. The highest BCUT2D eigenvalue weighted by molar-refractivity contribution is 6.32. The zero-order valence-electron chi connectivity index (χ0n) is 16.4. The number of carbonyl (C=O) groups excluding carboxylic acids is 1. The third-order valence-electron chi connectivity index (χ3n) is 4.06. The van der Waals surface area contributed by atoms with Gasteiger partial charge in [-0.25, -0.2) is 9.79 Å². The predicted octanol–water partition coefficient (Wildman–Crippen LogP) is 4.11. The molecule has 0 aromatic heterocycles. The monoisotopic (exact) mass is 417 g/mol. The molecule has 152 valence electrons. The van der Waals surface area contributed by atoms with Crippen molar-refractivity contribution in [3.05, 3.63) is 52.2 Å². The van der Waals surface area contributed by atoms with Crippen molar-refractivity contribution < 1.29 is 28.5 Å². The second-order valence-electron chi connectivity index (χ2n) is 5.90. The molecule has 29 heavy (non-hydrogen) atoms. The molecular weight excluding hydrogens is 398 g/mol. The summed E-state index contributed by atoms with van der Waals surface area (Å²) in [5.41, 5.74) is 1.31. The fraction of sp³-hybridized carbons (Fsp3) is 0.238. The number of halogens is 1. The van der Waals surface area contributed by atoms with E-state index in [4.69, 9.17) is 35.3 Å². The van der Waals surface area contributed by atoms with Crippen LogP contribution in [0.15, 0.2) is 41.0 Å². The van der Waals surface area contributed by atoms with Crippen LogP contribution in [0.5, 0.6) is 23.0 Å². The lowest BCUT2D eigenvalue weighted by molar-refractivity contribution is -0.129. The Bertz CT molecular complexity index is 977. The molecule has 0 N–H and O–H groups in total.